The number of nitrogens with zero attached hydrogens (tertiary/aromatic N) is 3. The molecule has 2 rings (SSSR count). The molecule has 0 radical (unpaired) electrons. The summed E-state index contributed by atoms with van der Waals surface area (Å²) >= 11 is 5.35. The number of rotatable bonds is 5. The molecule has 0 aromatic heterocycles. The maximum Gasteiger partial charge on any atom is 0.269 e. The van der Waals surface area contributed by atoms with Gasteiger partial charge < -0.3 is 10.2 Å². The first-order valence-corrected chi connectivity index (χ1v) is 7.73. The molecule has 2 aromatic carbocycles. The summed E-state index contributed by atoms with van der Waals surface area (Å²) in [5.41, 5.74) is 1.39. The van der Waals surface area contributed by atoms with Gasteiger partial charge in [0.25, 0.3) is 11.4 Å². The van der Waals surface area contributed by atoms with Gasteiger partial charge in [-0.3, -0.25) is 20.2 Å². The standard InChI is InChI=1S/C16H16N4O4S/c1-11(12-4-3-5-15(10-12)20(23)24)18(2)16(25)17-13-6-8-14(9-7-13)19(21)22/h3-11H,1-2H3,(H,17,25)/t11-/m0/s1. The predicted octanol–water partition coefficient (Wildman–Crippen LogP) is 3.89. The van der Waals surface area contributed by atoms with Crippen LogP contribution in [0.4, 0.5) is 17.1 Å². The van der Waals surface area contributed by atoms with E-state index in [1.165, 1.54) is 24.3 Å². The summed E-state index contributed by atoms with van der Waals surface area (Å²) in [5, 5.41) is 25.0. The van der Waals surface area contributed by atoms with Crippen LogP contribution in [0.25, 0.3) is 0 Å². The molecule has 0 bridgehead atoms. The van der Waals surface area contributed by atoms with Crippen LogP contribution in [0, 0.1) is 20.2 Å². The van der Waals surface area contributed by atoms with Gasteiger partial charge in [0.2, 0.25) is 0 Å². The van der Waals surface area contributed by atoms with E-state index in [9.17, 15) is 20.2 Å². The molecule has 130 valence electrons. The smallest absolute Gasteiger partial charge is 0.269 e. The second-order valence-corrected chi connectivity index (χ2v) is 5.76. The lowest BCUT2D eigenvalue weighted by atomic mass is 10.1. The molecule has 8 nitrogen and oxygen atoms in total. The topological polar surface area (TPSA) is 102 Å². The minimum absolute atomic E-state index is 0.00483. The van der Waals surface area contributed by atoms with Gasteiger partial charge in [0, 0.05) is 37.0 Å². The van der Waals surface area contributed by atoms with Crippen molar-refractivity contribution in [2.24, 2.45) is 0 Å². The number of hydrogen-bond acceptors (Lipinski definition) is 5. The molecule has 0 unspecified atom stereocenters. The third-order valence-electron chi connectivity index (χ3n) is 3.79. The first-order valence-electron chi connectivity index (χ1n) is 7.32. The van der Waals surface area contributed by atoms with Crippen LogP contribution in [-0.4, -0.2) is 26.9 Å². The Morgan fingerprint density at radius 3 is 2.24 bits per heavy atom. The minimum atomic E-state index is -0.474. The van der Waals surface area contributed by atoms with Crippen molar-refractivity contribution in [2.45, 2.75) is 13.0 Å². The maximum atomic E-state index is 10.9. The van der Waals surface area contributed by atoms with Gasteiger partial charge in [-0.1, -0.05) is 12.1 Å². The van der Waals surface area contributed by atoms with Crippen LogP contribution in [0.5, 0.6) is 0 Å². The van der Waals surface area contributed by atoms with Crippen LogP contribution in [-0.2, 0) is 0 Å². The fourth-order valence-corrected chi connectivity index (χ4v) is 2.45. The van der Waals surface area contributed by atoms with Gasteiger partial charge in [0.1, 0.15) is 0 Å². The van der Waals surface area contributed by atoms with Gasteiger partial charge in [-0.25, -0.2) is 0 Å². The average Bonchev–Trinajstić information content (AvgIpc) is 2.60. The highest BCUT2D eigenvalue weighted by Crippen LogP contribution is 2.24. The van der Waals surface area contributed by atoms with E-state index in [1.54, 1.807) is 36.2 Å². The fourth-order valence-electron chi connectivity index (χ4n) is 2.18. The predicted molar refractivity (Wildman–Crippen MR) is 98.6 cm³/mol. The average molecular weight is 360 g/mol. The van der Waals surface area contributed by atoms with Gasteiger partial charge in [-0.2, -0.15) is 0 Å². The molecule has 0 amide bonds. The molecule has 0 fully saturated rings. The Labute approximate surface area is 149 Å². The van der Waals surface area contributed by atoms with Gasteiger partial charge in [-0.05, 0) is 36.8 Å². The fraction of sp³-hybridized carbons (Fsp3) is 0.188. The Morgan fingerprint density at radius 2 is 1.68 bits per heavy atom. The number of benzene rings is 2. The number of non-ortho nitro benzene ring substituents is 2. The Morgan fingerprint density at radius 1 is 1.08 bits per heavy atom. The number of nitro benzene ring substituents is 2. The van der Waals surface area contributed by atoms with E-state index in [2.05, 4.69) is 5.32 Å². The van der Waals surface area contributed by atoms with Crippen molar-refractivity contribution in [3.63, 3.8) is 0 Å². The second-order valence-electron chi connectivity index (χ2n) is 5.37. The summed E-state index contributed by atoms with van der Waals surface area (Å²) in [7, 11) is 1.77. The maximum absolute atomic E-state index is 10.9. The van der Waals surface area contributed by atoms with Crippen LogP contribution in [0.3, 0.4) is 0 Å². The lowest BCUT2D eigenvalue weighted by Crippen LogP contribution is -2.33. The number of nitro groups is 2. The Bertz CT molecular complexity index is 810. The summed E-state index contributed by atoms with van der Waals surface area (Å²) in [4.78, 5) is 22.4. The monoisotopic (exact) mass is 360 g/mol. The Hall–Kier alpha value is -3.07. The molecule has 1 atom stereocenters. The summed E-state index contributed by atoms with van der Waals surface area (Å²) in [6.45, 7) is 1.88. The molecule has 0 saturated heterocycles. The van der Waals surface area contributed by atoms with Crippen molar-refractivity contribution in [3.05, 3.63) is 74.3 Å². The van der Waals surface area contributed by atoms with Crippen molar-refractivity contribution in [1.29, 1.82) is 0 Å². The van der Waals surface area contributed by atoms with Crippen LogP contribution in [0.2, 0.25) is 0 Å². The van der Waals surface area contributed by atoms with E-state index in [0.29, 0.717) is 10.8 Å². The molecule has 0 aliphatic rings. The zero-order valence-corrected chi connectivity index (χ0v) is 14.4. The van der Waals surface area contributed by atoms with Crippen molar-refractivity contribution >= 4 is 34.4 Å². The first-order chi connectivity index (χ1) is 11.8. The minimum Gasteiger partial charge on any atom is -0.345 e. The van der Waals surface area contributed by atoms with Crippen LogP contribution < -0.4 is 5.32 Å². The molecule has 0 aliphatic carbocycles. The van der Waals surface area contributed by atoms with E-state index >= 15 is 0 Å². The number of nitrogens with one attached hydrogen (secondary N) is 1. The molecular formula is C16H16N4O4S. The second kappa shape index (κ2) is 7.67. The summed E-state index contributed by atoms with van der Waals surface area (Å²) < 4.78 is 0. The molecule has 9 heteroatoms. The molecule has 0 heterocycles. The van der Waals surface area contributed by atoms with Crippen molar-refractivity contribution in [1.82, 2.24) is 4.90 Å². The van der Waals surface area contributed by atoms with Gasteiger partial charge >= 0.3 is 0 Å². The molecular weight excluding hydrogens is 344 g/mol. The van der Waals surface area contributed by atoms with Crippen molar-refractivity contribution in [2.75, 3.05) is 12.4 Å². The summed E-state index contributed by atoms with van der Waals surface area (Å²) in [6.07, 6.45) is 0. The van der Waals surface area contributed by atoms with Crippen LogP contribution in [0.15, 0.2) is 48.5 Å². The van der Waals surface area contributed by atoms with Gasteiger partial charge in [-0.15, -0.1) is 0 Å². The lowest BCUT2D eigenvalue weighted by molar-refractivity contribution is -0.385. The quantitative estimate of drug-likeness (QED) is 0.490. The SMILES string of the molecule is C[C@@H](c1cccc([N+](=O)[O-])c1)N(C)C(=S)Nc1ccc([N+](=O)[O-])cc1. The van der Waals surface area contributed by atoms with Crippen LogP contribution >= 0.6 is 12.2 Å². The number of hydrogen-bond donors (Lipinski definition) is 1. The highest BCUT2D eigenvalue weighted by Gasteiger charge is 2.17. The molecule has 0 saturated carbocycles. The molecule has 2 aromatic rings. The summed E-state index contributed by atoms with van der Waals surface area (Å²) in [5.74, 6) is 0. The van der Waals surface area contributed by atoms with E-state index in [-0.39, 0.29) is 17.4 Å². The third-order valence-corrected chi connectivity index (χ3v) is 4.18. The molecule has 0 spiro atoms. The van der Waals surface area contributed by atoms with Gasteiger partial charge in [0.15, 0.2) is 5.11 Å². The molecule has 1 N–H and O–H groups in total. The van der Waals surface area contributed by atoms with E-state index in [4.69, 9.17) is 12.2 Å². The Kier molecular flexibility index (Phi) is 5.60. The number of thiocarbonyl (C=S) groups is 1. The van der Waals surface area contributed by atoms with Gasteiger partial charge in [0.05, 0.1) is 15.9 Å². The zero-order chi connectivity index (χ0) is 18.6. The van der Waals surface area contributed by atoms with Crippen molar-refractivity contribution in [3.8, 4) is 0 Å². The number of anilines is 1. The molecule has 0 aliphatic heterocycles. The lowest BCUT2D eigenvalue weighted by Gasteiger charge is -2.28. The normalized spacial score (nSPS) is 11.4. The van der Waals surface area contributed by atoms with E-state index in [0.717, 1.165) is 5.56 Å². The summed E-state index contributed by atoms with van der Waals surface area (Å²) in [6, 6.07) is 12.1. The third kappa shape index (κ3) is 4.48. The zero-order valence-electron chi connectivity index (χ0n) is 13.6. The largest absolute Gasteiger partial charge is 0.345 e. The molecule has 25 heavy (non-hydrogen) atoms. The van der Waals surface area contributed by atoms with E-state index < -0.39 is 9.85 Å². The van der Waals surface area contributed by atoms with E-state index in [1.807, 2.05) is 6.92 Å². The Balaban J connectivity index is 2.09. The van der Waals surface area contributed by atoms with Crippen LogP contribution in [0.1, 0.15) is 18.5 Å². The van der Waals surface area contributed by atoms with Crippen molar-refractivity contribution < 1.29 is 9.85 Å². The highest BCUT2D eigenvalue weighted by atomic mass is 32.1. The first kappa shape index (κ1) is 18.3. The highest BCUT2D eigenvalue weighted by molar-refractivity contribution is 7.80.